The first-order valence-electron chi connectivity index (χ1n) is 9.75. The normalized spacial score (nSPS) is 10.5. The Morgan fingerprint density at radius 1 is 1.16 bits per heavy atom. The van der Waals surface area contributed by atoms with Gasteiger partial charge in [-0.3, -0.25) is 15.0 Å². The molecule has 1 rings (SSSR count). The summed E-state index contributed by atoms with van der Waals surface area (Å²) in [6.45, 7) is 3.96. The SMILES string of the molecule is CC(N)=O.CCCCCCl.N=C(N)NCCCC(N)C(=O)O.NS(=O)(=O)c1ccccc1. The zero-order valence-corrected chi connectivity index (χ0v) is 20.2. The van der Waals surface area contributed by atoms with Gasteiger partial charge in [0.2, 0.25) is 15.9 Å². The minimum Gasteiger partial charge on any atom is -0.480 e. The number of benzene rings is 1. The number of primary amides is 1. The van der Waals surface area contributed by atoms with Crippen LogP contribution in [0.3, 0.4) is 0 Å². The number of amides is 1. The van der Waals surface area contributed by atoms with E-state index in [0.717, 1.165) is 5.88 Å². The lowest BCUT2D eigenvalue weighted by molar-refractivity contribution is -0.138. The van der Waals surface area contributed by atoms with Gasteiger partial charge in [0.05, 0.1) is 4.90 Å². The van der Waals surface area contributed by atoms with Gasteiger partial charge in [0.1, 0.15) is 6.04 Å². The highest BCUT2D eigenvalue weighted by Crippen LogP contribution is 2.03. The van der Waals surface area contributed by atoms with Crippen LogP contribution in [0.4, 0.5) is 0 Å². The smallest absolute Gasteiger partial charge is 0.320 e. The van der Waals surface area contributed by atoms with Gasteiger partial charge in [-0.1, -0.05) is 38.0 Å². The number of carbonyl (C=O) groups excluding carboxylic acids is 1. The Labute approximate surface area is 195 Å². The molecule has 0 spiro atoms. The standard InChI is InChI=1S/C6H14N4O2.C6H7NO2S.C5H11Cl.C2H5NO/c7-4(5(11)12)2-1-3-10-6(8)9;7-10(8,9)6-4-2-1-3-5-6;1-2-3-4-5-6;1-2(3)4/h4H,1-3,7H2,(H,11,12)(H4,8,9,10);1-5H,(H2,7,8,9);2-5H2,1H3;1H3,(H2,3,4). The molecule has 0 saturated carbocycles. The van der Waals surface area contributed by atoms with Crippen LogP contribution in [-0.4, -0.2) is 49.8 Å². The van der Waals surface area contributed by atoms with Crippen molar-refractivity contribution in [3.8, 4) is 0 Å². The summed E-state index contributed by atoms with van der Waals surface area (Å²) in [5.41, 5.74) is 14.7. The monoisotopic (exact) mass is 496 g/mol. The first kappa shape index (κ1) is 34.2. The van der Waals surface area contributed by atoms with Gasteiger partial charge >= 0.3 is 5.97 Å². The molecule has 0 bridgehead atoms. The zero-order valence-electron chi connectivity index (χ0n) is 18.6. The molecule has 1 unspecified atom stereocenters. The molecule has 11 N–H and O–H groups in total. The summed E-state index contributed by atoms with van der Waals surface area (Å²) in [6, 6.07) is 7.07. The number of nitrogens with two attached hydrogens (primary N) is 4. The van der Waals surface area contributed by atoms with E-state index >= 15 is 0 Å². The predicted molar refractivity (Wildman–Crippen MR) is 128 cm³/mol. The van der Waals surface area contributed by atoms with Gasteiger partial charge in [0.25, 0.3) is 0 Å². The number of nitrogens with one attached hydrogen (secondary N) is 2. The molecular formula is C19H37ClN6O5S. The summed E-state index contributed by atoms with van der Waals surface area (Å²) in [7, 11) is -3.50. The van der Waals surface area contributed by atoms with Crippen molar-refractivity contribution in [2.45, 2.75) is 56.9 Å². The van der Waals surface area contributed by atoms with E-state index in [1.54, 1.807) is 18.2 Å². The average molecular weight is 497 g/mol. The van der Waals surface area contributed by atoms with Gasteiger partial charge in [0.15, 0.2) is 5.96 Å². The van der Waals surface area contributed by atoms with Crippen molar-refractivity contribution in [3.05, 3.63) is 30.3 Å². The highest BCUT2D eigenvalue weighted by molar-refractivity contribution is 7.89. The third-order valence-corrected chi connectivity index (χ3v) is 4.33. The van der Waals surface area contributed by atoms with E-state index in [1.807, 2.05) is 0 Å². The van der Waals surface area contributed by atoms with Crippen molar-refractivity contribution in [1.29, 1.82) is 5.41 Å². The van der Waals surface area contributed by atoms with E-state index in [4.69, 9.17) is 38.7 Å². The van der Waals surface area contributed by atoms with Gasteiger partial charge in [-0.25, -0.2) is 13.6 Å². The van der Waals surface area contributed by atoms with Crippen LogP contribution >= 0.6 is 11.6 Å². The number of rotatable bonds is 9. The van der Waals surface area contributed by atoms with Crippen LogP contribution in [0.1, 0.15) is 46.0 Å². The van der Waals surface area contributed by atoms with Crippen LogP contribution in [0.2, 0.25) is 0 Å². The number of carbonyl (C=O) groups is 2. The number of primary sulfonamides is 1. The third kappa shape index (κ3) is 29.8. The molecule has 0 aliphatic heterocycles. The molecule has 186 valence electrons. The van der Waals surface area contributed by atoms with Gasteiger partial charge < -0.3 is 27.6 Å². The van der Waals surface area contributed by atoms with Crippen molar-refractivity contribution in [2.75, 3.05) is 12.4 Å². The highest BCUT2D eigenvalue weighted by atomic mass is 35.5. The predicted octanol–water partition coefficient (Wildman–Crippen LogP) is 0.903. The quantitative estimate of drug-likeness (QED) is 0.112. The van der Waals surface area contributed by atoms with Crippen LogP contribution in [-0.2, 0) is 19.6 Å². The fraction of sp³-hybridized carbons (Fsp3) is 0.526. The van der Waals surface area contributed by atoms with Crippen LogP contribution in [0.5, 0.6) is 0 Å². The summed E-state index contributed by atoms with van der Waals surface area (Å²) in [5.74, 6) is -0.620. The maximum Gasteiger partial charge on any atom is 0.320 e. The van der Waals surface area contributed by atoms with Crippen molar-refractivity contribution in [2.24, 2.45) is 22.3 Å². The molecule has 0 heterocycles. The molecule has 1 aromatic rings. The number of aliphatic carboxylic acids is 1. The summed E-state index contributed by atoms with van der Waals surface area (Å²) in [6.07, 6.45) is 4.71. The van der Waals surface area contributed by atoms with Gasteiger partial charge in [0, 0.05) is 19.3 Å². The zero-order chi connectivity index (χ0) is 25.6. The van der Waals surface area contributed by atoms with Crippen molar-refractivity contribution in [3.63, 3.8) is 0 Å². The molecule has 11 nitrogen and oxygen atoms in total. The Morgan fingerprint density at radius 2 is 1.66 bits per heavy atom. The van der Waals surface area contributed by atoms with E-state index in [2.05, 4.69) is 18.0 Å². The van der Waals surface area contributed by atoms with Crippen LogP contribution in [0.25, 0.3) is 0 Å². The number of carboxylic acids is 1. The second-order valence-electron chi connectivity index (χ2n) is 6.29. The number of hydrogen-bond donors (Lipinski definition) is 7. The summed E-state index contributed by atoms with van der Waals surface area (Å²) < 4.78 is 21.2. The highest BCUT2D eigenvalue weighted by Gasteiger charge is 2.09. The number of halogens is 1. The number of unbranched alkanes of at least 4 members (excludes halogenated alkanes) is 2. The first-order valence-corrected chi connectivity index (χ1v) is 11.8. The Bertz CT molecular complexity index is 727. The molecule has 0 radical (unpaired) electrons. The van der Waals surface area contributed by atoms with Crippen LogP contribution in [0.15, 0.2) is 35.2 Å². The Morgan fingerprint density at radius 3 is 1.94 bits per heavy atom. The van der Waals surface area contributed by atoms with Gasteiger partial charge in [-0.2, -0.15) is 0 Å². The topological polar surface area (TPSA) is 228 Å². The lowest BCUT2D eigenvalue weighted by Gasteiger charge is -2.06. The molecule has 0 fully saturated rings. The lowest BCUT2D eigenvalue weighted by atomic mass is 10.2. The van der Waals surface area contributed by atoms with E-state index in [-0.39, 0.29) is 16.8 Å². The molecule has 13 heteroatoms. The largest absolute Gasteiger partial charge is 0.480 e. The van der Waals surface area contributed by atoms with Gasteiger partial charge in [-0.05, 0) is 31.4 Å². The summed E-state index contributed by atoms with van der Waals surface area (Å²) in [4.78, 5) is 19.6. The maximum atomic E-state index is 10.6. The molecule has 0 aromatic heterocycles. The van der Waals surface area contributed by atoms with Gasteiger partial charge in [-0.15, -0.1) is 11.6 Å². The number of alkyl halides is 1. The third-order valence-electron chi connectivity index (χ3n) is 3.13. The number of guanidine groups is 1. The minimum absolute atomic E-state index is 0.112. The van der Waals surface area contributed by atoms with Crippen LogP contribution < -0.4 is 27.7 Å². The average Bonchev–Trinajstić information content (AvgIpc) is 2.70. The Balaban J connectivity index is -0.000000378. The second-order valence-corrected chi connectivity index (χ2v) is 8.23. The number of sulfonamides is 1. The Kier molecular flexibility index (Phi) is 23.3. The maximum absolute atomic E-state index is 10.6. The van der Waals surface area contributed by atoms with Crippen molar-refractivity contribution in [1.82, 2.24) is 5.32 Å². The molecule has 0 aliphatic carbocycles. The van der Waals surface area contributed by atoms with Crippen molar-refractivity contribution >= 4 is 39.5 Å². The molecule has 0 saturated heterocycles. The fourth-order valence-electron chi connectivity index (χ4n) is 1.62. The van der Waals surface area contributed by atoms with E-state index in [0.29, 0.717) is 19.4 Å². The molecule has 1 aromatic carbocycles. The molecule has 0 aliphatic rings. The Hall–Kier alpha value is -2.41. The fourth-order valence-corrected chi connectivity index (χ4v) is 2.35. The molecule has 1 amide bonds. The summed E-state index contributed by atoms with van der Waals surface area (Å²) >= 11 is 5.38. The molecular weight excluding hydrogens is 460 g/mol. The van der Waals surface area contributed by atoms with E-state index < -0.39 is 22.0 Å². The van der Waals surface area contributed by atoms with Crippen LogP contribution in [0, 0.1) is 5.41 Å². The number of carboxylic acid groups (broad SMARTS) is 1. The van der Waals surface area contributed by atoms with E-state index in [1.165, 1.54) is 38.3 Å². The molecule has 32 heavy (non-hydrogen) atoms. The molecule has 1 atom stereocenters. The number of hydrogen-bond acceptors (Lipinski definition) is 6. The van der Waals surface area contributed by atoms with E-state index in [9.17, 15) is 18.0 Å². The first-order chi connectivity index (χ1) is 14.8. The second kappa shape index (κ2) is 21.8. The summed E-state index contributed by atoms with van der Waals surface area (Å²) in [5, 5.41) is 22.5. The lowest BCUT2D eigenvalue weighted by Crippen LogP contribution is -2.34. The minimum atomic E-state index is -3.50. The van der Waals surface area contributed by atoms with Crippen molar-refractivity contribution < 1.29 is 23.1 Å².